The first-order valence-electron chi connectivity index (χ1n) is 5.42. The van der Waals surface area contributed by atoms with Gasteiger partial charge in [0.15, 0.2) is 0 Å². The number of amides is 1. The van der Waals surface area contributed by atoms with E-state index in [1.807, 2.05) is 0 Å². The van der Waals surface area contributed by atoms with Crippen LogP contribution in [0.1, 0.15) is 10.4 Å². The second kappa shape index (κ2) is 5.36. The lowest BCUT2D eigenvalue weighted by Crippen LogP contribution is -2.27. The van der Waals surface area contributed by atoms with Gasteiger partial charge in [-0.15, -0.1) is 0 Å². The van der Waals surface area contributed by atoms with Crippen molar-refractivity contribution in [3.05, 3.63) is 52.5 Å². The zero-order valence-electron chi connectivity index (χ0n) is 10.1. The Kier molecular flexibility index (Phi) is 3.80. The van der Waals surface area contributed by atoms with Gasteiger partial charge in [-0.25, -0.2) is 4.39 Å². The van der Waals surface area contributed by atoms with E-state index in [9.17, 15) is 9.18 Å². The van der Waals surface area contributed by atoms with Gasteiger partial charge in [-0.1, -0.05) is 15.9 Å². The molecule has 0 bridgehead atoms. The van der Waals surface area contributed by atoms with Crippen molar-refractivity contribution < 1.29 is 9.18 Å². The standard InChI is InChI=1S/C13H11BrFN3O/c1-18(12-3-2-9(14)5-11(12)16)13(19)8-4-10(15)7-17-6-8/h2-7H,16H2,1H3. The van der Waals surface area contributed by atoms with Crippen molar-refractivity contribution in [2.24, 2.45) is 0 Å². The van der Waals surface area contributed by atoms with Crippen LogP contribution in [0.4, 0.5) is 15.8 Å². The summed E-state index contributed by atoms with van der Waals surface area (Å²) in [6.07, 6.45) is 2.36. The third-order valence-corrected chi connectivity index (χ3v) is 3.10. The van der Waals surface area contributed by atoms with Crippen LogP contribution in [0.15, 0.2) is 41.1 Å². The Labute approximate surface area is 118 Å². The summed E-state index contributed by atoms with van der Waals surface area (Å²) >= 11 is 3.29. The van der Waals surface area contributed by atoms with Crippen LogP contribution in [0.5, 0.6) is 0 Å². The van der Waals surface area contributed by atoms with E-state index in [4.69, 9.17) is 5.73 Å². The molecule has 0 fully saturated rings. The molecule has 2 aromatic rings. The third kappa shape index (κ3) is 2.90. The van der Waals surface area contributed by atoms with Gasteiger partial charge < -0.3 is 10.6 Å². The molecule has 0 saturated heterocycles. The SMILES string of the molecule is CN(C(=O)c1cncc(F)c1)c1ccc(Br)cc1N. The zero-order valence-corrected chi connectivity index (χ0v) is 11.7. The summed E-state index contributed by atoms with van der Waals surface area (Å²) in [5.41, 5.74) is 7.03. The number of carbonyl (C=O) groups excluding carboxylic acids is 1. The Morgan fingerprint density at radius 1 is 1.37 bits per heavy atom. The maximum absolute atomic E-state index is 13.1. The number of nitrogens with zero attached hydrogens (tertiary/aromatic N) is 2. The predicted octanol–water partition coefficient (Wildman–Crippen LogP) is 2.84. The number of hydrogen-bond donors (Lipinski definition) is 1. The van der Waals surface area contributed by atoms with E-state index in [1.165, 1.54) is 11.1 Å². The van der Waals surface area contributed by atoms with Crippen molar-refractivity contribution in [3.63, 3.8) is 0 Å². The first-order valence-corrected chi connectivity index (χ1v) is 6.22. The van der Waals surface area contributed by atoms with E-state index >= 15 is 0 Å². The van der Waals surface area contributed by atoms with Gasteiger partial charge >= 0.3 is 0 Å². The van der Waals surface area contributed by atoms with Crippen LogP contribution in [-0.2, 0) is 0 Å². The largest absolute Gasteiger partial charge is 0.397 e. The van der Waals surface area contributed by atoms with Crippen LogP contribution in [0, 0.1) is 5.82 Å². The first-order chi connectivity index (χ1) is 8.99. The van der Waals surface area contributed by atoms with Crippen molar-refractivity contribution in [1.82, 2.24) is 4.98 Å². The molecule has 1 aromatic carbocycles. The second-order valence-electron chi connectivity index (χ2n) is 3.96. The van der Waals surface area contributed by atoms with E-state index in [0.717, 1.165) is 16.7 Å². The van der Waals surface area contributed by atoms with E-state index in [1.54, 1.807) is 25.2 Å². The Balaban J connectivity index is 2.33. The minimum atomic E-state index is -0.553. The molecule has 0 radical (unpaired) electrons. The second-order valence-corrected chi connectivity index (χ2v) is 4.87. The summed E-state index contributed by atoms with van der Waals surface area (Å²) in [5, 5.41) is 0. The number of benzene rings is 1. The van der Waals surface area contributed by atoms with Gasteiger partial charge in [0.1, 0.15) is 5.82 Å². The minimum absolute atomic E-state index is 0.171. The fourth-order valence-electron chi connectivity index (χ4n) is 1.66. The molecule has 0 unspecified atom stereocenters. The quantitative estimate of drug-likeness (QED) is 0.864. The van der Waals surface area contributed by atoms with Crippen molar-refractivity contribution >= 4 is 33.2 Å². The molecule has 4 nitrogen and oxygen atoms in total. The maximum atomic E-state index is 13.1. The fourth-order valence-corrected chi connectivity index (χ4v) is 2.04. The lowest BCUT2D eigenvalue weighted by atomic mass is 10.2. The maximum Gasteiger partial charge on any atom is 0.259 e. The normalized spacial score (nSPS) is 10.3. The predicted molar refractivity (Wildman–Crippen MR) is 75.5 cm³/mol. The van der Waals surface area contributed by atoms with Gasteiger partial charge in [0.2, 0.25) is 0 Å². The van der Waals surface area contributed by atoms with Crippen LogP contribution < -0.4 is 10.6 Å². The Hall–Kier alpha value is -1.95. The van der Waals surface area contributed by atoms with Crippen molar-refractivity contribution in [2.45, 2.75) is 0 Å². The van der Waals surface area contributed by atoms with Gasteiger partial charge in [-0.2, -0.15) is 0 Å². The first kappa shape index (κ1) is 13.5. The van der Waals surface area contributed by atoms with E-state index in [-0.39, 0.29) is 11.5 Å². The van der Waals surface area contributed by atoms with Crippen LogP contribution in [0.25, 0.3) is 0 Å². The number of pyridine rings is 1. The highest BCUT2D eigenvalue weighted by Gasteiger charge is 2.16. The number of rotatable bonds is 2. The average molecular weight is 324 g/mol. The number of nitrogens with two attached hydrogens (primary N) is 1. The van der Waals surface area contributed by atoms with Gasteiger partial charge in [0.25, 0.3) is 5.91 Å². The average Bonchev–Trinajstić information content (AvgIpc) is 2.37. The van der Waals surface area contributed by atoms with Crippen molar-refractivity contribution in [2.75, 3.05) is 17.7 Å². The Morgan fingerprint density at radius 2 is 2.11 bits per heavy atom. The molecule has 1 heterocycles. The number of carbonyl (C=O) groups is 1. The zero-order chi connectivity index (χ0) is 14.0. The van der Waals surface area contributed by atoms with Crippen LogP contribution >= 0.6 is 15.9 Å². The summed E-state index contributed by atoms with van der Waals surface area (Å²) in [6, 6.07) is 6.33. The summed E-state index contributed by atoms with van der Waals surface area (Å²) in [4.78, 5) is 17.2. The van der Waals surface area contributed by atoms with E-state index < -0.39 is 5.82 Å². The highest BCUT2D eigenvalue weighted by atomic mass is 79.9. The number of halogens is 2. The third-order valence-electron chi connectivity index (χ3n) is 2.61. The molecule has 0 aliphatic rings. The highest BCUT2D eigenvalue weighted by molar-refractivity contribution is 9.10. The molecule has 0 aliphatic heterocycles. The molecular formula is C13H11BrFN3O. The lowest BCUT2D eigenvalue weighted by molar-refractivity contribution is 0.0992. The molecule has 19 heavy (non-hydrogen) atoms. The molecule has 98 valence electrons. The Morgan fingerprint density at radius 3 is 2.74 bits per heavy atom. The molecule has 0 aliphatic carbocycles. The van der Waals surface area contributed by atoms with E-state index in [0.29, 0.717) is 11.4 Å². The molecule has 2 N–H and O–H groups in total. The minimum Gasteiger partial charge on any atom is -0.397 e. The monoisotopic (exact) mass is 323 g/mol. The molecule has 0 spiro atoms. The topological polar surface area (TPSA) is 59.2 Å². The van der Waals surface area contributed by atoms with Crippen molar-refractivity contribution in [3.8, 4) is 0 Å². The molecule has 1 amide bonds. The molecule has 6 heteroatoms. The Bertz CT molecular complexity index is 633. The van der Waals surface area contributed by atoms with Gasteiger partial charge in [0.05, 0.1) is 23.1 Å². The smallest absolute Gasteiger partial charge is 0.259 e. The molecule has 0 atom stereocenters. The number of anilines is 2. The van der Waals surface area contributed by atoms with Gasteiger partial charge in [-0.05, 0) is 24.3 Å². The van der Waals surface area contributed by atoms with Crippen LogP contribution in [0.3, 0.4) is 0 Å². The molecule has 2 rings (SSSR count). The lowest BCUT2D eigenvalue weighted by Gasteiger charge is -2.19. The van der Waals surface area contributed by atoms with Gasteiger partial charge in [0, 0.05) is 17.7 Å². The van der Waals surface area contributed by atoms with E-state index in [2.05, 4.69) is 20.9 Å². The summed E-state index contributed by atoms with van der Waals surface area (Å²) < 4.78 is 13.9. The van der Waals surface area contributed by atoms with Crippen LogP contribution in [0.2, 0.25) is 0 Å². The number of nitrogen functional groups attached to an aromatic ring is 1. The highest BCUT2D eigenvalue weighted by Crippen LogP contribution is 2.26. The van der Waals surface area contributed by atoms with Crippen LogP contribution in [-0.4, -0.2) is 17.9 Å². The molecule has 0 saturated carbocycles. The fraction of sp³-hybridized carbons (Fsp3) is 0.0769. The molecule has 1 aromatic heterocycles. The number of aromatic nitrogens is 1. The number of hydrogen-bond acceptors (Lipinski definition) is 3. The molecular weight excluding hydrogens is 313 g/mol. The van der Waals surface area contributed by atoms with Gasteiger partial charge in [-0.3, -0.25) is 9.78 Å². The summed E-state index contributed by atoms with van der Waals surface area (Å²) in [5.74, 6) is -0.927. The van der Waals surface area contributed by atoms with Crippen molar-refractivity contribution in [1.29, 1.82) is 0 Å². The summed E-state index contributed by atoms with van der Waals surface area (Å²) in [7, 11) is 1.58. The summed E-state index contributed by atoms with van der Waals surface area (Å²) in [6.45, 7) is 0.